The summed E-state index contributed by atoms with van der Waals surface area (Å²) in [6, 6.07) is 13.8. The molecule has 1 aliphatic rings. The van der Waals surface area contributed by atoms with Crippen LogP contribution in [0.15, 0.2) is 59.6 Å². The van der Waals surface area contributed by atoms with Crippen LogP contribution in [0, 0.1) is 0 Å². The summed E-state index contributed by atoms with van der Waals surface area (Å²) in [5.41, 5.74) is 0.887. The maximum Gasteiger partial charge on any atom is 0.240 e. The molecule has 1 saturated heterocycles. The van der Waals surface area contributed by atoms with Crippen LogP contribution in [-0.4, -0.2) is 37.3 Å². The number of nitrogens with one attached hydrogen (secondary N) is 1. The van der Waals surface area contributed by atoms with E-state index in [1.165, 1.54) is 12.1 Å². The Morgan fingerprint density at radius 3 is 2.64 bits per heavy atom. The second kappa shape index (κ2) is 7.76. The number of pyridine rings is 1. The van der Waals surface area contributed by atoms with Gasteiger partial charge in [0.05, 0.1) is 16.6 Å². The standard InChI is InChI=1S/C18H21N3O3S/c22-18(11-13-20-25(23,24)15-7-2-1-3-8-15)21-14-6-10-17(21)16-9-4-5-12-19-16/h1-5,7-9,12,17,20H,6,10-11,13-14H2/t17-/m0/s1. The lowest BCUT2D eigenvalue weighted by Crippen LogP contribution is -2.34. The van der Waals surface area contributed by atoms with Crippen molar-refractivity contribution in [3.8, 4) is 0 Å². The second-order valence-electron chi connectivity index (χ2n) is 5.96. The van der Waals surface area contributed by atoms with E-state index in [1.807, 2.05) is 18.2 Å². The molecule has 1 aromatic carbocycles. The van der Waals surface area contributed by atoms with Gasteiger partial charge in [-0.3, -0.25) is 9.78 Å². The van der Waals surface area contributed by atoms with Crippen molar-refractivity contribution in [3.63, 3.8) is 0 Å². The molecule has 1 fully saturated rings. The first-order chi connectivity index (χ1) is 12.1. The SMILES string of the molecule is O=C(CCNS(=O)(=O)c1ccccc1)N1CCC[C@H]1c1ccccn1. The monoisotopic (exact) mass is 359 g/mol. The Labute approximate surface area is 147 Å². The Morgan fingerprint density at radius 2 is 1.92 bits per heavy atom. The van der Waals surface area contributed by atoms with Gasteiger partial charge in [0, 0.05) is 25.7 Å². The Balaban J connectivity index is 1.57. The quantitative estimate of drug-likeness (QED) is 0.857. The molecule has 1 aromatic heterocycles. The number of nitrogens with zero attached hydrogens (tertiary/aromatic N) is 2. The second-order valence-corrected chi connectivity index (χ2v) is 7.73. The molecule has 0 aliphatic carbocycles. The summed E-state index contributed by atoms with van der Waals surface area (Å²) in [6.07, 6.45) is 3.68. The van der Waals surface area contributed by atoms with Crippen molar-refractivity contribution >= 4 is 15.9 Å². The number of carbonyl (C=O) groups excluding carboxylic acids is 1. The normalized spacial score (nSPS) is 17.6. The zero-order valence-electron chi connectivity index (χ0n) is 13.8. The van der Waals surface area contributed by atoms with Crippen LogP contribution in [0.1, 0.15) is 31.0 Å². The molecule has 1 aliphatic heterocycles. The first kappa shape index (κ1) is 17.6. The number of hydrogen-bond acceptors (Lipinski definition) is 4. The predicted molar refractivity (Wildman–Crippen MR) is 94.2 cm³/mol. The van der Waals surface area contributed by atoms with Crippen molar-refractivity contribution in [2.75, 3.05) is 13.1 Å². The number of aromatic nitrogens is 1. The molecule has 132 valence electrons. The minimum atomic E-state index is -3.58. The van der Waals surface area contributed by atoms with E-state index in [1.54, 1.807) is 29.3 Å². The molecule has 0 unspecified atom stereocenters. The van der Waals surface area contributed by atoms with Crippen LogP contribution in [0.3, 0.4) is 0 Å². The highest BCUT2D eigenvalue weighted by Gasteiger charge is 2.30. The van der Waals surface area contributed by atoms with Crippen LogP contribution in [0.4, 0.5) is 0 Å². The molecular formula is C18H21N3O3S. The maximum atomic E-state index is 12.5. The first-order valence-electron chi connectivity index (χ1n) is 8.33. The summed E-state index contributed by atoms with van der Waals surface area (Å²) in [5, 5.41) is 0. The molecule has 25 heavy (non-hydrogen) atoms. The maximum absolute atomic E-state index is 12.5. The third kappa shape index (κ3) is 4.24. The van der Waals surface area contributed by atoms with E-state index < -0.39 is 10.0 Å². The highest BCUT2D eigenvalue weighted by atomic mass is 32.2. The van der Waals surface area contributed by atoms with E-state index in [2.05, 4.69) is 9.71 Å². The van der Waals surface area contributed by atoms with E-state index in [0.29, 0.717) is 6.54 Å². The molecule has 1 atom stereocenters. The van der Waals surface area contributed by atoms with E-state index in [4.69, 9.17) is 0 Å². The zero-order valence-corrected chi connectivity index (χ0v) is 14.7. The van der Waals surface area contributed by atoms with Gasteiger partial charge in [0.1, 0.15) is 0 Å². The van der Waals surface area contributed by atoms with Gasteiger partial charge in [-0.05, 0) is 37.1 Å². The minimum absolute atomic E-state index is 0.0144. The van der Waals surface area contributed by atoms with Crippen LogP contribution >= 0.6 is 0 Å². The van der Waals surface area contributed by atoms with Crippen molar-refractivity contribution in [3.05, 3.63) is 60.4 Å². The fourth-order valence-corrected chi connectivity index (χ4v) is 4.12. The Kier molecular flexibility index (Phi) is 5.45. The number of hydrogen-bond donors (Lipinski definition) is 1. The van der Waals surface area contributed by atoms with E-state index in [0.717, 1.165) is 18.5 Å². The average Bonchev–Trinajstić information content (AvgIpc) is 3.13. The van der Waals surface area contributed by atoms with Crippen molar-refractivity contribution in [1.82, 2.24) is 14.6 Å². The Hall–Kier alpha value is -2.25. The molecule has 0 spiro atoms. The lowest BCUT2D eigenvalue weighted by Gasteiger charge is -2.24. The lowest BCUT2D eigenvalue weighted by molar-refractivity contribution is -0.132. The number of likely N-dealkylation sites (tertiary alicyclic amines) is 1. The van der Waals surface area contributed by atoms with Gasteiger partial charge >= 0.3 is 0 Å². The topological polar surface area (TPSA) is 79.4 Å². The van der Waals surface area contributed by atoms with E-state index in [-0.39, 0.29) is 29.8 Å². The van der Waals surface area contributed by atoms with Crippen LogP contribution in [0.2, 0.25) is 0 Å². The van der Waals surface area contributed by atoms with Crippen LogP contribution in [-0.2, 0) is 14.8 Å². The average molecular weight is 359 g/mol. The highest BCUT2D eigenvalue weighted by molar-refractivity contribution is 7.89. The Bertz CT molecular complexity index is 810. The van der Waals surface area contributed by atoms with Crippen LogP contribution < -0.4 is 4.72 Å². The molecule has 7 heteroatoms. The van der Waals surface area contributed by atoms with Crippen LogP contribution in [0.5, 0.6) is 0 Å². The predicted octanol–water partition coefficient (Wildman–Crippen LogP) is 2.11. The van der Waals surface area contributed by atoms with Gasteiger partial charge in [-0.25, -0.2) is 13.1 Å². The summed E-state index contributed by atoms with van der Waals surface area (Å²) < 4.78 is 26.8. The smallest absolute Gasteiger partial charge is 0.240 e. The van der Waals surface area contributed by atoms with Gasteiger partial charge in [0.15, 0.2) is 0 Å². The largest absolute Gasteiger partial charge is 0.334 e. The number of benzene rings is 1. The van der Waals surface area contributed by atoms with Crippen molar-refractivity contribution in [2.45, 2.75) is 30.2 Å². The molecule has 2 heterocycles. The molecule has 1 amide bonds. The van der Waals surface area contributed by atoms with Crippen molar-refractivity contribution in [1.29, 1.82) is 0 Å². The lowest BCUT2D eigenvalue weighted by atomic mass is 10.1. The molecule has 0 radical (unpaired) electrons. The van der Waals surface area contributed by atoms with Crippen molar-refractivity contribution < 1.29 is 13.2 Å². The van der Waals surface area contributed by atoms with Gasteiger partial charge < -0.3 is 4.90 Å². The van der Waals surface area contributed by atoms with Crippen molar-refractivity contribution in [2.24, 2.45) is 0 Å². The van der Waals surface area contributed by atoms with Gasteiger partial charge in [-0.1, -0.05) is 24.3 Å². The van der Waals surface area contributed by atoms with Gasteiger partial charge in [0.2, 0.25) is 15.9 Å². The third-order valence-corrected chi connectivity index (χ3v) is 5.76. The fourth-order valence-electron chi connectivity index (χ4n) is 3.06. The van der Waals surface area contributed by atoms with E-state index in [9.17, 15) is 13.2 Å². The summed E-state index contributed by atoms with van der Waals surface area (Å²) in [6.45, 7) is 0.771. The molecule has 6 nitrogen and oxygen atoms in total. The third-order valence-electron chi connectivity index (χ3n) is 4.29. The van der Waals surface area contributed by atoms with Gasteiger partial charge in [-0.2, -0.15) is 0 Å². The summed E-state index contributed by atoms with van der Waals surface area (Å²) >= 11 is 0. The number of sulfonamides is 1. The molecule has 3 rings (SSSR count). The number of carbonyl (C=O) groups is 1. The summed E-state index contributed by atoms with van der Waals surface area (Å²) in [7, 11) is -3.58. The number of rotatable bonds is 6. The first-order valence-corrected chi connectivity index (χ1v) is 9.81. The highest BCUT2D eigenvalue weighted by Crippen LogP contribution is 2.30. The molecule has 2 aromatic rings. The molecule has 0 bridgehead atoms. The molecular weight excluding hydrogens is 338 g/mol. The molecule has 1 N–H and O–H groups in total. The zero-order chi connectivity index (χ0) is 17.7. The molecule has 0 saturated carbocycles. The van der Waals surface area contributed by atoms with Gasteiger partial charge in [-0.15, -0.1) is 0 Å². The fraction of sp³-hybridized carbons (Fsp3) is 0.333. The van der Waals surface area contributed by atoms with Gasteiger partial charge in [0.25, 0.3) is 0 Å². The summed E-state index contributed by atoms with van der Waals surface area (Å²) in [4.78, 5) is 18.9. The summed E-state index contributed by atoms with van der Waals surface area (Å²) in [5.74, 6) is -0.0519. The van der Waals surface area contributed by atoms with Crippen LogP contribution in [0.25, 0.3) is 0 Å². The number of amides is 1. The Morgan fingerprint density at radius 1 is 1.16 bits per heavy atom. The van der Waals surface area contributed by atoms with E-state index >= 15 is 0 Å². The minimum Gasteiger partial charge on any atom is -0.334 e.